The highest BCUT2D eigenvalue weighted by atomic mass is 16.5. The van der Waals surface area contributed by atoms with E-state index in [2.05, 4.69) is 44.3 Å². The Bertz CT molecular complexity index is 388. The lowest BCUT2D eigenvalue weighted by atomic mass is 9.83. The van der Waals surface area contributed by atoms with Crippen molar-refractivity contribution in [3.8, 4) is 5.75 Å². The van der Waals surface area contributed by atoms with Crippen molar-refractivity contribution in [1.29, 1.82) is 0 Å². The Labute approximate surface area is 117 Å². The van der Waals surface area contributed by atoms with Gasteiger partial charge in [0.2, 0.25) is 0 Å². The molecule has 0 unspecified atom stereocenters. The Morgan fingerprint density at radius 1 is 1.26 bits per heavy atom. The number of rotatable bonds is 8. The number of unbranched alkanes of at least 4 members (excludes halogenated alkanes) is 1. The lowest BCUT2D eigenvalue weighted by Crippen LogP contribution is -2.33. The van der Waals surface area contributed by atoms with Gasteiger partial charge < -0.3 is 15.8 Å². The Balaban J connectivity index is 2.58. The van der Waals surface area contributed by atoms with E-state index in [1.807, 2.05) is 0 Å². The van der Waals surface area contributed by atoms with E-state index in [9.17, 15) is 0 Å². The van der Waals surface area contributed by atoms with Crippen LogP contribution in [0.4, 0.5) is 0 Å². The maximum absolute atomic E-state index is 5.49. The van der Waals surface area contributed by atoms with Crippen LogP contribution in [0.15, 0.2) is 18.2 Å². The van der Waals surface area contributed by atoms with Crippen LogP contribution in [0.1, 0.15) is 37.8 Å². The molecule has 0 aromatic heterocycles. The van der Waals surface area contributed by atoms with Gasteiger partial charge >= 0.3 is 0 Å². The van der Waals surface area contributed by atoms with E-state index in [4.69, 9.17) is 10.5 Å². The number of nitrogens with one attached hydrogen (secondary N) is 1. The minimum Gasteiger partial charge on any atom is -0.496 e. The largest absolute Gasteiger partial charge is 0.496 e. The first-order chi connectivity index (χ1) is 9.01. The van der Waals surface area contributed by atoms with Gasteiger partial charge in [0.05, 0.1) is 7.11 Å². The zero-order chi connectivity index (χ0) is 14.3. The average molecular weight is 264 g/mol. The molecule has 1 rings (SSSR count). The molecule has 3 heteroatoms. The van der Waals surface area contributed by atoms with Gasteiger partial charge in [0.15, 0.2) is 0 Å². The summed E-state index contributed by atoms with van der Waals surface area (Å²) in [5, 5.41) is 3.52. The van der Waals surface area contributed by atoms with Gasteiger partial charge in [0, 0.05) is 12.0 Å². The Morgan fingerprint density at radius 3 is 2.58 bits per heavy atom. The third-order valence-corrected chi connectivity index (χ3v) is 3.55. The number of nitrogens with two attached hydrogens (primary N) is 1. The van der Waals surface area contributed by atoms with Gasteiger partial charge in [-0.05, 0) is 50.0 Å². The Kier molecular flexibility index (Phi) is 6.32. The summed E-state index contributed by atoms with van der Waals surface area (Å²) in [6.45, 7) is 9.42. The molecular weight excluding hydrogens is 236 g/mol. The van der Waals surface area contributed by atoms with Crippen LogP contribution >= 0.6 is 0 Å². The molecule has 0 saturated carbocycles. The standard InChI is InChI=1S/C16H28N2O/c1-13-11-14(7-8-15(13)19-4)16(2,3)12-18-10-6-5-9-17/h7-8,11,18H,5-6,9-10,12,17H2,1-4H3. The second kappa shape index (κ2) is 7.51. The molecule has 0 bridgehead atoms. The molecule has 3 nitrogen and oxygen atoms in total. The van der Waals surface area contributed by atoms with E-state index < -0.39 is 0 Å². The predicted octanol–water partition coefficient (Wildman–Crippen LogP) is 2.61. The molecule has 0 atom stereocenters. The van der Waals surface area contributed by atoms with Crippen molar-refractivity contribution < 1.29 is 4.74 Å². The molecule has 0 radical (unpaired) electrons. The lowest BCUT2D eigenvalue weighted by molar-refractivity contribution is 0.410. The van der Waals surface area contributed by atoms with Crippen LogP contribution in [-0.4, -0.2) is 26.7 Å². The molecule has 108 valence electrons. The molecule has 19 heavy (non-hydrogen) atoms. The molecular formula is C16H28N2O. The number of methoxy groups -OCH3 is 1. The van der Waals surface area contributed by atoms with Crippen molar-refractivity contribution in [3.63, 3.8) is 0 Å². The molecule has 0 aliphatic heterocycles. The second-order valence-electron chi connectivity index (χ2n) is 5.74. The van der Waals surface area contributed by atoms with E-state index in [0.717, 1.165) is 38.2 Å². The zero-order valence-corrected chi connectivity index (χ0v) is 12.8. The van der Waals surface area contributed by atoms with Gasteiger partial charge in [0.1, 0.15) is 5.75 Å². The van der Waals surface area contributed by atoms with Crippen molar-refractivity contribution in [2.24, 2.45) is 5.73 Å². The fourth-order valence-electron chi connectivity index (χ4n) is 2.20. The summed E-state index contributed by atoms with van der Waals surface area (Å²) in [6, 6.07) is 6.44. The number of aryl methyl sites for hydroxylation is 1. The monoisotopic (exact) mass is 264 g/mol. The highest BCUT2D eigenvalue weighted by Gasteiger charge is 2.20. The van der Waals surface area contributed by atoms with Crippen LogP contribution in [-0.2, 0) is 5.41 Å². The van der Waals surface area contributed by atoms with Gasteiger partial charge in [-0.2, -0.15) is 0 Å². The SMILES string of the molecule is COc1ccc(C(C)(C)CNCCCCN)cc1C. The number of hydrogen-bond acceptors (Lipinski definition) is 3. The maximum Gasteiger partial charge on any atom is 0.121 e. The summed E-state index contributed by atoms with van der Waals surface area (Å²) < 4.78 is 5.31. The van der Waals surface area contributed by atoms with Crippen LogP contribution < -0.4 is 15.8 Å². The van der Waals surface area contributed by atoms with Crippen molar-refractivity contribution >= 4 is 0 Å². The lowest BCUT2D eigenvalue weighted by Gasteiger charge is -2.26. The minimum absolute atomic E-state index is 0.125. The Morgan fingerprint density at radius 2 is 2.00 bits per heavy atom. The minimum atomic E-state index is 0.125. The number of benzene rings is 1. The fraction of sp³-hybridized carbons (Fsp3) is 0.625. The molecule has 0 aliphatic rings. The first-order valence-electron chi connectivity index (χ1n) is 7.07. The van der Waals surface area contributed by atoms with Crippen molar-refractivity contribution in [2.75, 3.05) is 26.7 Å². The molecule has 0 amide bonds. The van der Waals surface area contributed by atoms with E-state index >= 15 is 0 Å². The van der Waals surface area contributed by atoms with Crippen LogP contribution in [0, 0.1) is 6.92 Å². The topological polar surface area (TPSA) is 47.3 Å². The van der Waals surface area contributed by atoms with Gasteiger partial charge in [-0.1, -0.05) is 26.0 Å². The summed E-state index contributed by atoms with van der Waals surface area (Å²) in [7, 11) is 1.71. The zero-order valence-electron chi connectivity index (χ0n) is 12.8. The van der Waals surface area contributed by atoms with Crippen molar-refractivity contribution in [2.45, 2.75) is 39.0 Å². The number of ether oxygens (including phenoxy) is 1. The molecule has 1 aromatic rings. The molecule has 0 fully saturated rings. The van der Waals surface area contributed by atoms with Crippen molar-refractivity contribution in [1.82, 2.24) is 5.32 Å². The van der Waals surface area contributed by atoms with Crippen LogP contribution in [0.2, 0.25) is 0 Å². The van der Waals surface area contributed by atoms with Gasteiger partial charge in [-0.3, -0.25) is 0 Å². The van der Waals surface area contributed by atoms with E-state index in [1.165, 1.54) is 11.1 Å². The summed E-state index contributed by atoms with van der Waals surface area (Å²) >= 11 is 0. The third kappa shape index (κ3) is 4.84. The number of hydrogen-bond donors (Lipinski definition) is 2. The summed E-state index contributed by atoms with van der Waals surface area (Å²) in [6.07, 6.45) is 2.24. The summed E-state index contributed by atoms with van der Waals surface area (Å²) in [5.74, 6) is 0.954. The molecule has 3 N–H and O–H groups in total. The van der Waals surface area contributed by atoms with E-state index in [0.29, 0.717) is 0 Å². The first kappa shape index (κ1) is 16.0. The Hall–Kier alpha value is -1.06. The molecule has 1 aromatic carbocycles. The van der Waals surface area contributed by atoms with Crippen LogP contribution in [0.25, 0.3) is 0 Å². The van der Waals surface area contributed by atoms with Crippen molar-refractivity contribution in [3.05, 3.63) is 29.3 Å². The van der Waals surface area contributed by atoms with Gasteiger partial charge in [0.25, 0.3) is 0 Å². The van der Waals surface area contributed by atoms with Gasteiger partial charge in [-0.15, -0.1) is 0 Å². The molecule has 0 saturated heterocycles. The summed E-state index contributed by atoms with van der Waals surface area (Å²) in [5.41, 5.74) is 8.15. The second-order valence-corrected chi connectivity index (χ2v) is 5.74. The van der Waals surface area contributed by atoms with E-state index in [1.54, 1.807) is 7.11 Å². The fourth-order valence-corrected chi connectivity index (χ4v) is 2.20. The van der Waals surface area contributed by atoms with E-state index in [-0.39, 0.29) is 5.41 Å². The van der Waals surface area contributed by atoms with Crippen LogP contribution in [0.3, 0.4) is 0 Å². The highest BCUT2D eigenvalue weighted by Crippen LogP contribution is 2.27. The molecule has 0 spiro atoms. The van der Waals surface area contributed by atoms with Gasteiger partial charge in [-0.25, -0.2) is 0 Å². The molecule has 0 heterocycles. The van der Waals surface area contributed by atoms with Crippen LogP contribution in [0.5, 0.6) is 5.75 Å². The predicted molar refractivity (Wildman–Crippen MR) is 81.9 cm³/mol. The smallest absolute Gasteiger partial charge is 0.121 e. The highest BCUT2D eigenvalue weighted by molar-refractivity contribution is 5.39. The normalized spacial score (nSPS) is 11.6. The quantitative estimate of drug-likeness (QED) is 0.710. The third-order valence-electron chi connectivity index (χ3n) is 3.55. The molecule has 0 aliphatic carbocycles. The summed E-state index contributed by atoms with van der Waals surface area (Å²) in [4.78, 5) is 0. The first-order valence-corrected chi connectivity index (χ1v) is 7.07. The maximum atomic E-state index is 5.49. The average Bonchev–Trinajstić information content (AvgIpc) is 2.38.